The van der Waals surface area contributed by atoms with Crippen LogP contribution in [-0.2, 0) is 0 Å². The van der Waals surface area contributed by atoms with E-state index >= 15 is 0 Å². The van der Waals surface area contributed by atoms with Gasteiger partial charge in [-0.3, -0.25) is 0 Å². The van der Waals surface area contributed by atoms with Crippen LogP contribution in [0.5, 0.6) is 0 Å². The maximum absolute atomic E-state index is 6.14. The number of nitrogens with zero attached hydrogens (tertiary/aromatic N) is 1. The smallest absolute Gasteiger partial charge is 0.135 e. The summed E-state index contributed by atoms with van der Waals surface area (Å²) < 4.78 is 6.14. The molecule has 6 aromatic rings. The predicted octanol–water partition coefficient (Wildman–Crippen LogP) is 10.6. The van der Waals surface area contributed by atoms with Crippen molar-refractivity contribution in [2.75, 3.05) is 4.90 Å². The van der Waals surface area contributed by atoms with Gasteiger partial charge < -0.3 is 9.32 Å². The van der Waals surface area contributed by atoms with Crippen LogP contribution in [0, 0.1) is 11.8 Å². The van der Waals surface area contributed by atoms with Crippen molar-refractivity contribution >= 4 is 39.0 Å². The highest BCUT2D eigenvalue weighted by Gasteiger charge is 2.40. The van der Waals surface area contributed by atoms with E-state index in [9.17, 15) is 0 Å². The summed E-state index contributed by atoms with van der Waals surface area (Å²) >= 11 is 0. The first kappa shape index (κ1) is 22.7. The Morgan fingerprint density at radius 1 is 0.538 bits per heavy atom. The van der Waals surface area contributed by atoms with Crippen LogP contribution in [0.25, 0.3) is 33.1 Å². The van der Waals surface area contributed by atoms with E-state index < -0.39 is 0 Å². The van der Waals surface area contributed by atoms with Crippen LogP contribution in [0.3, 0.4) is 0 Å². The molecule has 0 amide bonds. The van der Waals surface area contributed by atoms with Crippen molar-refractivity contribution in [1.29, 1.82) is 0 Å². The van der Waals surface area contributed by atoms with Crippen LogP contribution >= 0.6 is 0 Å². The quantitative estimate of drug-likeness (QED) is 0.232. The van der Waals surface area contributed by atoms with Crippen molar-refractivity contribution in [1.82, 2.24) is 0 Å². The van der Waals surface area contributed by atoms with Gasteiger partial charge in [-0.25, -0.2) is 0 Å². The molecule has 1 heterocycles. The highest BCUT2D eigenvalue weighted by atomic mass is 16.3. The molecule has 0 spiro atoms. The zero-order valence-electron chi connectivity index (χ0n) is 22.0. The third-order valence-corrected chi connectivity index (χ3v) is 9.17. The van der Waals surface area contributed by atoms with Gasteiger partial charge in [0.15, 0.2) is 0 Å². The van der Waals surface area contributed by atoms with E-state index in [4.69, 9.17) is 4.42 Å². The average Bonchev–Trinajstić information content (AvgIpc) is 3.73. The lowest BCUT2D eigenvalue weighted by atomic mass is 9.83. The molecule has 8 rings (SSSR count). The highest BCUT2D eigenvalue weighted by molar-refractivity contribution is 6.06. The van der Waals surface area contributed by atoms with Crippen molar-refractivity contribution in [2.45, 2.75) is 31.6 Å². The molecule has 2 bridgehead atoms. The molecule has 2 nitrogen and oxygen atoms in total. The largest absolute Gasteiger partial charge is 0.456 e. The Kier molecular flexibility index (Phi) is 5.33. The second-order valence-corrected chi connectivity index (χ2v) is 11.4. The molecule has 2 aliphatic carbocycles. The molecule has 3 atom stereocenters. The Bertz CT molecular complexity index is 1760. The van der Waals surface area contributed by atoms with Crippen molar-refractivity contribution in [3.05, 3.63) is 127 Å². The molecule has 0 aliphatic heterocycles. The summed E-state index contributed by atoms with van der Waals surface area (Å²) in [6.07, 6.45) is 5.66. The molecule has 1 aromatic heterocycles. The van der Waals surface area contributed by atoms with E-state index in [1.165, 1.54) is 48.1 Å². The Hall–Kier alpha value is -4.30. The third-order valence-electron chi connectivity index (χ3n) is 9.17. The Morgan fingerprint density at radius 3 is 1.95 bits per heavy atom. The van der Waals surface area contributed by atoms with Gasteiger partial charge in [-0.15, -0.1) is 0 Å². The van der Waals surface area contributed by atoms with Gasteiger partial charge in [-0.1, -0.05) is 79.2 Å². The lowest BCUT2D eigenvalue weighted by Crippen LogP contribution is -2.11. The number of fused-ring (bicyclic) bond motifs is 5. The second-order valence-electron chi connectivity index (χ2n) is 11.4. The monoisotopic (exact) mass is 505 g/mol. The number of rotatable bonds is 5. The van der Waals surface area contributed by atoms with Crippen LogP contribution in [0.1, 0.15) is 37.2 Å². The number of anilines is 3. The zero-order valence-corrected chi connectivity index (χ0v) is 22.0. The van der Waals surface area contributed by atoms with Gasteiger partial charge >= 0.3 is 0 Å². The van der Waals surface area contributed by atoms with Crippen molar-refractivity contribution in [3.63, 3.8) is 0 Å². The fourth-order valence-electron chi connectivity index (χ4n) is 7.26. The molecular formula is C37H31NO. The summed E-state index contributed by atoms with van der Waals surface area (Å²) in [5, 5.41) is 2.30. The molecule has 2 fully saturated rings. The summed E-state index contributed by atoms with van der Waals surface area (Å²) in [6.45, 7) is 0. The van der Waals surface area contributed by atoms with Crippen LogP contribution in [0.15, 0.2) is 126 Å². The minimum absolute atomic E-state index is 0.741. The van der Waals surface area contributed by atoms with E-state index in [2.05, 4.69) is 114 Å². The van der Waals surface area contributed by atoms with Gasteiger partial charge in [0.2, 0.25) is 0 Å². The standard InChI is InChI=1S/C37H31NO/c1-2-6-26(7-3-1)27-12-16-30(17-13-27)38(31-18-14-28(15-19-31)34-23-25-10-11-29(34)22-25)32-20-21-37-35(24-32)33-8-4-5-9-36(33)39-37/h1-9,12-21,24-25,29,34H,10-11,22-23H2. The SMILES string of the molecule is c1ccc(-c2ccc(N(c3ccc(C4CC5CCC4C5)cc3)c3ccc4oc5ccccc5c4c3)cc2)cc1. The first-order valence-electron chi connectivity index (χ1n) is 14.3. The highest BCUT2D eigenvalue weighted by Crippen LogP contribution is 2.53. The third kappa shape index (κ3) is 3.94. The Morgan fingerprint density at radius 2 is 1.21 bits per heavy atom. The molecular weight excluding hydrogens is 474 g/mol. The predicted molar refractivity (Wildman–Crippen MR) is 162 cm³/mol. The Balaban J connectivity index is 1.22. The van der Waals surface area contributed by atoms with Crippen molar-refractivity contribution in [3.8, 4) is 11.1 Å². The van der Waals surface area contributed by atoms with Crippen LogP contribution in [0.4, 0.5) is 17.1 Å². The number of benzene rings is 5. The Labute approximate surface area is 229 Å². The van der Waals surface area contributed by atoms with E-state index in [0.29, 0.717) is 0 Å². The van der Waals surface area contributed by atoms with Gasteiger partial charge in [-0.05, 0) is 102 Å². The molecule has 2 heteroatoms. The van der Waals surface area contributed by atoms with Crippen molar-refractivity contribution in [2.24, 2.45) is 11.8 Å². The number of hydrogen-bond donors (Lipinski definition) is 0. The van der Waals surface area contributed by atoms with Gasteiger partial charge in [0.05, 0.1) is 0 Å². The molecule has 39 heavy (non-hydrogen) atoms. The maximum Gasteiger partial charge on any atom is 0.135 e. The van der Waals surface area contributed by atoms with Gasteiger partial charge in [0, 0.05) is 27.8 Å². The summed E-state index contributed by atoms with van der Waals surface area (Å²) in [5.41, 5.74) is 9.29. The molecule has 0 radical (unpaired) electrons. The van der Waals surface area contributed by atoms with E-state index in [0.717, 1.165) is 51.1 Å². The lowest BCUT2D eigenvalue weighted by Gasteiger charge is -2.27. The summed E-state index contributed by atoms with van der Waals surface area (Å²) in [7, 11) is 0. The maximum atomic E-state index is 6.14. The molecule has 190 valence electrons. The summed E-state index contributed by atoms with van der Waals surface area (Å²) in [5.74, 6) is 2.58. The van der Waals surface area contributed by atoms with Crippen molar-refractivity contribution < 1.29 is 4.42 Å². The van der Waals surface area contributed by atoms with Crippen LogP contribution in [0.2, 0.25) is 0 Å². The fraction of sp³-hybridized carbons (Fsp3) is 0.189. The van der Waals surface area contributed by atoms with Gasteiger partial charge in [0.1, 0.15) is 11.2 Å². The van der Waals surface area contributed by atoms with E-state index in [1.54, 1.807) is 0 Å². The first-order chi connectivity index (χ1) is 19.3. The number of hydrogen-bond acceptors (Lipinski definition) is 2. The lowest BCUT2D eigenvalue weighted by molar-refractivity contribution is 0.420. The molecule has 0 N–H and O–H groups in total. The minimum atomic E-state index is 0.741. The van der Waals surface area contributed by atoms with Crippen LogP contribution < -0.4 is 4.90 Å². The molecule has 0 saturated heterocycles. The fourth-order valence-corrected chi connectivity index (χ4v) is 7.26. The molecule has 5 aromatic carbocycles. The summed E-state index contributed by atoms with van der Waals surface area (Å²) in [4.78, 5) is 2.38. The second kappa shape index (κ2) is 9.17. The molecule has 2 saturated carbocycles. The van der Waals surface area contributed by atoms with Gasteiger partial charge in [0.25, 0.3) is 0 Å². The molecule has 3 unspecified atom stereocenters. The topological polar surface area (TPSA) is 16.4 Å². The summed E-state index contributed by atoms with van der Waals surface area (Å²) in [6, 6.07) is 43.8. The number of furan rings is 1. The zero-order chi connectivity index (χ0) is 25.8. The van der Waals surface area contributed by atoms with E-state index in [-0.39, 0.29) is 0 Å². The molecule has 2 aliphatic rings. The van der Waals surface area contributed by atoms with Crippen LogP contribution in [-0.4, -0.2) is 0 Å². The normalized spacial score (nSPS) is 20.2. The van der Waals surface area contributed by atoms with E-state index in [1.807, 2.05) is 12.1 Å². The van der Waals surface area contributed by atoms with Gasteiger partial charge in [-0.2, -0.15) is 0 Å². The minimum Gasteiger partial charge on any atom is -0.456 e. The first-order valence-corrected chi connectivity index (χ1v) is 14.3. The number of para-hydroxylation sites is 1. The average molecular weight is 506 g/mol.